The number of nitrogens with zero attached hydrogens (tertiary/aromatic N) is 2. The highest BCUT2D eigenvalue weighted by Gasteiger charge is 2.08. The number of rotatable bonds is 8. The van der Waals surface area contributed by atoms with Crippen LogP contribution >= 0.6 is 0 Å². The van der Waals surface area contributed by atoms with E-state index in [1.54, 1.807) is 12.4 Å². The fourth-order valence-corrected chi connectivity index (χ4v) is 1.85. The van der Waals surface area contributed by atoms with Crippen molar-refractivity contribution < 1.29 is 5.11 Å². The van der Waals surface area contributed by atoms with Crippen LogP contribution in [0.3, 0.4) is 0 Å². The highest BCUT2D eigenvalue weighted by Crippen LogP contribution is 2.11. The summed E-state index contributed by atoms with van der Waals surface area (Å²) in [5.74, 6) is 0. The quantitative estimate of drug-likeness (QED) is 0.679. The van der Waals surface area contributed by atoms with Gasteiger partial charge in [0.1, 0.15) is 0 Å². The molecule has 1 unspecified atom stereocenters. The van der Waals surface area contributed by atoms with Crippen molar-refractivity contribution in [2.24, 2.45) is 0 Å². The maximum atomic E-state index is 8.66. The third kappa shape index (κ3) is 5.24. The molecule has 0 fully saturated rings. The van der Waals surface area contributed by atoms with E-state index in [4.69, 9.17) is 5.11 Å². The van der Waals surface area contributed by atoms with Crippen LogP contribution in [-0.4, -0.2) is 28.2 Å². The number of unbranched alkanes of at least 4 members (excludes halogenated alkanes) is 3. The molecule has 0 amide bonds. The first-order valence-corrected chi connectivity index (χ1v) is 6.37. The topological polar surface area (TPSA) is 58.0 Å². The maximum absolute atomic E-state index is 8.66. The average Bonchev–Trinajstić information content (AvgIpc) is 2.34. The molecule has 1 aromatic heterocycles. The lowest BCUT2D eigenvalue weighted by atomic mass is 10.1. The van der Waals surface area contributed by atoms with E-state index in [0.717, 1.165) is 37.2 Å². The molecule has 17 heavy (non-hydrogen) atoms. The van der Waals surface area contributed by atoms with Crippen LogP contribution in [0.25, 0.3) is 0 Å². The Labute approximate surface area is 103 Å². The summed E-state index contributed by atoms with van der Waals surface area (Å²) in [7, 11) is 0. The molecule has 1 aromatic rings. The van der Waals surface area contributed by atoms with Gasteiger partial charge >= 0.3 is 0 Å². The Balaban J connectivity index is 2.21. The molecule has 4 heteroatoms. The van der Waals surface area contributed by atoms with Crippen molar-refractivity contribution in [2.45, 2.75) is 45.6 Å². The lowest BCUT2D eigenvalue weighted by molar-refractivity contribution is 0.282. The van der Waals surface area contributed by atoms with Crippen molar-refractivity contribution in [3.63, 3.8) is 0 Å². The summed E-state index contributed by atoms with van der Waals surface area (Å²) in [4.78, 5) is 8.59. The third-order valence-corrected chi connectivity index (χ3v) is 2.86. The fraction of sp³-hybridized carbons (Fsp3) is 0.692. The predicted molar refractivity (Wildman–Crippen MR) is 68.7 cm³/mol. The number of hydrogen-bond donors (Lipinski definition) is 2. The van der Waals surface area contributed by atoms with Gasteiger partial charge in [0.05, 0.1) is 11.4 Å². The van der Waals surface area contributed by atoms with Gasteiger partial charge < -0.3 is 10.4 Å². The molecule has 0 bridgehead atoms. The van der Waals surface area contributed by atoms with Crippen molar-refractivity contribution in [2.75, 3.05) is 13.2 Å². The highest BCUT2D eigenvalue weighted by atomic mass is 16.2. The molecule has 0 radical (unpaired) electrons. The highest BCUT2D eigenvalue weighted by molar-refractivity contribution is 5.12. The average molecular weight is 237 g/mol. The number of hydrogen-bond acceptors (Lipinski definition) is 4. The lowest BCUT2D eigenvalue weighted by Gasteiger charge is -2.14. The van der Waals surface area contributed by atoms with Gasteiger partial charge in [0.25, 0.3) is 0 Å². The Morgan fingerprint density at radius 2 is 1.88 bits per heavy atom. The van der Waals surface area contributed by atoms with E-state index in [-0.39, 0.29) is 6.04 Å². The van der Waals surface area contributed by atoms with Gasteiger partial charge in [-0.25, -0.2) is 0 Å². The standard InChI is InChI=1S/C13H23N3O/c1-11(13-12(2)15-8-9-16-13)14-7-5-3-4-6-10-17/h8-9,11,14,17H,3-7,10H2,1-2H3. The molecule has 0 aliphatic heterocycles. The minimum atomic E-state index is 0.251. The first-order chi connectivity index (χ1) is 8.25. The van der Waals surface area contributed by atoms with Gasteiger partial charge in [-0.3, -0.25) is 9.97 Å². The van der Waals surface area contributed by atoms with Crippen LogP contribution in [0.5, 0.6) is 0 Å². The summed E-state index contributed by atoms with van der Waals surface area (Å²) in [6, 6.07) is 0.251. The van der Waals surface area contributed by atoms with Crippen LogP contribution in [0.15, 0.2) is 12.4 Å². The third-order valence-electron chi connectivity index (χ3n) is 2.86. The smallest absolute Gasteiger partial charge is 0.0782 e. The van der Waals surface area contributed by atoms with Crippen LogP contribution in [0.1, 0.15) is 50.0 Å². The molecule has 1 atom stereocenters. The van der Waals surface area contributed by atoms with Gasteiger partial charge in [-0.05, 0) is 33.2 Å². The fourth-order valence-electron chi connectivity index (χ4n) is 1.85. The molecule has 2 N–H and O–H groups in total. The molecular formula is C13H23N3O. The van der Waals surface area contributed by atoms with Crippen molar-refractivity contribution in [1.29, 1.82) is 0 Å². The number of aliphatic hydroxyl groups is 1. The normalized spacial score (nSPS) is 12.6. The molecular weight excluding hydrogens is 214 g/mol. The van der Waals surface area contributed by atoms with E-state index in [9.17, 15) is 0 Å². The Hall–Kier alpha value is -1.00. The molecule has 0 aliphatic carbocycles. The molecule has 96 valence electrons. The van der Waals surface area contributed by atoms with Crippen LogP contribution in [-0.2, 0) is 0 Å². The monoisotopic (exact) mass is 237 g/mol. The first kappa shape index (κ1) is 14.1. The summed E-state index contributed by atoms with van der Waals surface area (Å²) in [6.07, 6.45) is 7.79. The van der Waals surface area contributed by atoms with Crippen LogP contribution < -0.4 is 5.32 Å². The summed E-state index contributed by atoms with van der Waals surface area (Å²) < 4.78 is 0. The van der Waals surface area contributed by atoms with Crippen LogP contribution in [0.4, 0.5) is 0 Å². The van der Waals surface area contributed by atoms with Crippen molar-refractivity contribution in [3.05, 3.63) is 23.8 Å². The number of aryl methyl sites for hydroxylation is 1. The molecule has 1 heterocycles. The molecule has 0 spiro atoms. The zero-order chi connectivity index (χ0) is 12.5. The van der Waals surface area contributed by atoms with Gasteiger partial charge in [-0.2, -0.15) is 0 Å². The van der Waals surface area contributed by atoms with E-state index in [2.05, 4.69) is 22.2 Å². The Morgan fingerprint density at radius 1 is 1.18 bits per heavy atom. The van der Waals surface area contributed by atoms with Gasteiger partial charge in [-0.15, -0.1) is 0 Å². The molecule has 4 nitrogen and oxygen atoms in total. The van der Waals surface area contributed by atoms with Gasteiger partial charge in [0.2, 0.25) is 0 Å². The predicted octanol–water partition coefficient (Wildman–Crippen LogP) is 1.99. The van der Waals surface area contributed by atoms with Gasteiger partial charge in [0.15, 0.2) is 0 Å². The largest absolute Gasteiger partial charge is 0.396 e. The molecule has 0 aliphatic rings. The van der Waals surface area contributed by atoms with E-state index < -0.39 is 0 Å². The number of aromatic nitrogens is 2. The second-order valence-electron chi connectivity index (χ2n) is 4.34. The number of aliphatic hydroxyl groups excluding tert-OH is 1. The zero-order valence-electron chi connectivity index (χ0n) is 10.8. The maximum Gasteiger partial charge on any atom is 0.0782 e. The zero-order valence-corrected chi connectivity index (χ0v) is 10.8. The first-order valence-electron chi connectivity index (χ1n) is 6.37. The van der Waals surface area contributed by atoms with Crippen molar-refractivity contribution in [1.82, 2.24) is 15.3 Å². The van der Waals surface area contributed by atoms with E-state index in [0.29, 0.717) is 6.61 Å². The second kappa shape index (κ2) is 8.14. The van der Waals surface area contributed by atoms with E-state index >= 15 is 0 Å². The Bertz CT molecular complexity index is 317. The summed E-state index contributed by atoms with van der Waals surface area (Å²) in [5.41, 5.74) is 2.02. The Kier molecular flexibility index (Phi) is 6.74. The Morgan fingerprint density at radius 3 is 2.59 bits per heavy atom. The SMILES string of the molecule is Cc1nccnc1C(C)NCCCCCCO. The minimum Gasteiger partial charge on any atom is -0.396 e. The summed E-state index contributed by atoms with van der Waals surface area (Å²) in [6.45, 7) is 5.40. The van der Waals surface area contributed by atoms with E-state index in [1.165, 1.54) is 6.42 Å². The van der Waals surface area contributed by atoms with E-state index in [1.807, 2.05) is 6.92 Å². The lowest BCUT2D eigenvalue weighted by Crippen LogP contribution is -2.21. The van der Waals surface area contributed by atoms with Crippen LogP contribution in [0, 0.1) is 6.92 Å². The molecule has 0 aromatic carbocycles. The minimum absolute atomic E-state index is 0.251. The second-order valence-corrected chi connectivity index (χ2v) is 4.34. The molecule has 0 saturated heterocycles. The number of nitrogens with one attached hydrogen (secondary N) is 1. The molecule has 0 saturated carbocycles. The summed E-state index contributed by atoms with van der Waals surface area (Å²) in [5, 5.41) is 12.1. The van der Waals surface area contributed by atoms with Crippen molar-refractivity contribution >= 4 is 0 Å². The molecule has 1 rings (SSSR count). The summed E-state index contributed by atoms with van der Waals surface area (Å²) >= 11 is 0. The van der Waals surface area contributed by atoms with Crippen molar-refractivity contribution in [3.8, 4) is 0 Å². The van der Waals surface area contributed by atoms with Crippen LogP contribution in [0.2, 0.25) is 0 Å². The van der Waals surface area contributed by atoms with Gasteiger partial charge in [0, 0.05) is 25.0 Å². The van der Waals surface area contributed by atoms with Gasteiger partial charge in [-0.1, -0.05) is 12.8 Å².